The molecule has 0 fully saturated rings. The van der Waals surface area contributed by atoms with Crippen molar-refractivity contribution in [2.24, 2.45) is 5.73 Å². The number of carbonyl (C=O) groups excluding carboxylic acids is 2. The van der Waals surface area contributed by atoms with Crippen molar-refractivity contribution in [3.8, 4) is 0 Å². The molecule has 1 atom stereocenters. The van der Waals surface area contributed by atoms with Crippen LogP contribution in [0.5, 0.6) is 0 Å². The topological polar surface area (TPSA) is 90.6 Å². The summed E-state index contributed by atoms with van der Waals surface area (Å²) in [6.45, 7) is 5.39. The third-order valence-electron chi connectivity index (χ3n) is 2.56. The van der Waals surface area contributed by atoms with Gasteiger partial charge in [0.25, 0.3) is 0 Å². The number of esters is 1. The number of benzene rings is 1. The predicted octanol–water partition coefficient (Wildman–Crippen LogP) is 2.08. The zero-order valence-corrected chi connectivity index (χ0v) is 12.8. The molecule has 0 saturated carbocycles. The maximum absolute atomic E-state index is 11.6. The van der Waals surface area contributed by atoms with Crippen molar-refractivity contribution >= 4 is 17.7 Å². The molecule has 0 aliphatic carbocycles. The fourth-order valence-corrected chi connectivity index (χ4v) is 1.63. The van der Waals surface area contributed by atoms with Gasteiger partial charge in [0.05, 0.1) is 7.11 Å². The van der Waals surface area contributed by atoms with E-state index >= 15 is 0 Å². The monoisotopic (exact) mass is 294 g/mol. The fourth-order valence-electron chi connectivity index (χ4n) is 1.63. The van der Waals surface area contributed by atoms with Crippen molar-refractivity contribution in [3.63, 3.8) is 0 Å². The van der Waals surface area contributed by atoms with Gasteiger partial charge in [0, 0.05) is 5.69 Å². The van der Waals surface area contributed by atoms with Crippen LogP contribution >= 0.6 is 0 Å². The van der Waals surface area contributed by atoms with E-state index in [-0.39, 0.29) is 0 Å². The van der Waals surface area contributed by atoms with E-state index < -0.39 is 23.7 Å². The van der Waals surface area contributed by atoms with Gasteiger partial charge < -0.3 is 15.2 Å². The van der Waals surface area contributed by atoms with E-state index in [2.05, 4.69) is 10.1 Å². The lowest BCUT2D eigenvalue weighted by Crippen LogP contribution is -2.33. The molecular formula is C15H22N2O4. The minimum Gasteiger partial charge on any atom is -0.468 e. The van der Waals surface area contributed by atoms with Gasteiger partial charge in [-0.25, -0.2) is 4.79 Å². The third kappa shape index (κ3) is 6.27. The molecule has 1 rings (SSSR count). The summed E-state index contributed by atoms with van der Waals surface area (Å²) in [6, 6.07) is 6.33. The van der Waals surface area contributed by atoms with Crippen molar-refractivity contribution in [1.82, 2.24) is 0 Å². The summed E-state index contributed by atoms with van der Waals surface area (Å²) >= 11 is 0. The zero-order valence-electron chi connectivity index (χ0n) is 12.8. The standard InChI is InChI=1S/C15H22N2O4/c1-15(2,3)21-14(19)17-11-7-5-10(6-8-11)9-12(16)13(18)20-4/h5-8,12H,9,16H2,1-4H3,(H,17,19)/t12-/m0/s1. The Labute approximate surface area is 124 Å². The molecule has 6 nitrogen and oxygen atoms in total. The van der Waals surface area contributed by atoms with Gasteiger partial charge >= 0.3 is 12.1 Å². The quantitative estimate of drug-likeness (QED) is 0.830. The van der Waals surface area contributed by atoms with Gasteiger partial charge in [0.2, 0.25) is 0 Å². The molecule has 0 aromatic heterocycles. The number of ether oxygens (including phenoxy) is 2. The minimum absolute atomic E-state index is 0.374. The van der Waals surface area contributed by atoms with E-state index in [9.17, 15) is 9.59 Å². The molecule has 1 aromatic rings. The number of nitrogens with two attached hydrogens (primary N) is 1. The van der Waals surface area contributed by atoms with Crippen LogP contribution < -0.4 is 11.1 Å². The van der Waals surface area contributed by atoms with Crippen molar-refractivity contribution in [2.45, 2.75) is 38.8 Å². The number of carbonyl (C=O) groups is 2. The van der Waals surface area contributed by atoms with E-state index in [4.69, 9.17) is 10.5 Å². The molecule has 0 radical (unpaired) electrons. The first-order valence-corrected chi connectivity index (χ1v) is 6.63. The SMILES string of the molecule is COC(=O)[C@@H](N)Cc1ccc(NC(=O)OC(C)(C)C)cc1. The second-order valence-corrected chi connectivity index (χ2v) is 5.66. The first-order chi connectivity index (χ1) is 9.71. The van der Waals surface area contributed by atoms with Crippen molar-refractivity contribution < 1.29 is 19.1 Å². The molecule has 0 saturated heterocycles. The summed E-state index contributed by atoms with van der Waals surface area (Å²) in [4.78, 5) is 22.8. The summed E-state index contributed by atoms with van der Waals surface area (Å²) in [5.74, 6) is -0.453. The molecule has 3 N–H and O–H groups in total. The Balaban J connectivity index is 2.58. The van der Waals surface area contributed by atoms with Crippen LogP contribution in [0.25, 0.3) is 0 Å². The number of hydrogen-bond donors (Lipinski definition) is 2. The molecule has 0 aliphatic heterocycles. The van der Waals surface area contributed by atoms with Crippen molar-refractivity contribution in [2.75, 3.05) is 12.4 Å². The van der Waals surface area contributed by atoms with E-state index in [1.165, 1.54) is 7.11 Å². The fraction of sp³-hybridized carbons (Fsp3) is 0.467. The maximum Gasteiger partial charge on any atom is 0.412 e. The summed E-state index contributed by atoms with van der Waals surface area (Å²) in [7, 11) is 1.30. The predicted molar refractivity (Wildman–Crippen MR) is 80.0 cm³/mol. The molecule has 1 aromatic carbocycles. The largest absolute Gasteiger partial charge is 0.468 e. The van der Waals surface area contributed by atoms with E-state index in [0.29, 0.717) is 12.1 Å². The lowest BCUT2D eigenvalue weighted by atomic mass is 10.1. The Morgan fingerprint density at radius 2 is 1.81 bits per heavy atom. The number of amides is 1. The number of nitrogens with one attached hydrogen (secondary N) is 1. The second-order valence-electron chi connectivity index (χ2n) is 5.66. The van der Waals surface area contributed by atoms with E-state index in [0.717, 1.165) is 5.56 Å². The van der Waals surface area contributed by atoms with Gasteiger partial charge in [0.15, 0.2) is 0 Å². The van der Waals surface area contributed by atoms with Crippen LogP contribution in [0.2, 0.25) is 0 Å². The van der Waals surface area contributed by atoms with Gasteiger partial charge in [-0.1, -0.05) is 12.1 Å². The average molecular weight is 294 g/mol. The van der Waals surface area contributed by atoms with Gasteiger partial charge in [-0.15, -0.1) is 0 Å². The molecule has 0 aliphatic rings. The average Bonchev–Trinajstić information content (AvgIpc) is 2.37. The van der Waals surface area contributed by atoms with Crippen LogP contribution in [0, 0.1) is 0 Å². The number of anilines is 1. The first kappa shape index (κ1) is 17.0. The van der Waals surface area contributed by atoms with Crippen LogP contribution in [0.3, 0.4) is 0 Å². The van der Waals surface area contributed by atoms with Crippen LogP contribution in [0.4, 0.5) is 10.5 Å². The van der Waals surface area contributed by atoms with Gasteiger partial charge in [-0.3, -0.25) is 10.1 Å². The van der Waals surface area contributed by atoms with Crippen LogP contribution in [0.1, 0.15) is 26.3 Å². The molecule has 116 valence electrons. The molecule has 21 heavy (non-hydrogen) atoms. The van der Waals surface area contributed by atoms with Gasteiger partial charge in [0.1, 0.15) is 11.6 Å². The normalized spacial score (nSPS) is 12.4. The van der Waals surface area contributed by atoms with Gasteiger partial charge in [-0.05, 0) is 44.9 Å². The lowest BCUT2D eigenvalue weighted by molar-refractivity contribution is -0.142. The number of rotatable bonds is 4. The molecule has 0 spiro atoms. The third-order valence-corrected chi connectivity index (χ3v) is 2.56. The highest BCUT2D eigenvalue weighted by molar-refractivity contribution is 5.84. The molecular weight excluding hydrogens is 272 g/mol. The van der Waals surface area contributed by atoms with Crippen LogP contribution in [-0.2, 0) is 20.7 Å². The van der Waals surface area contributed by atoms with Crippen molar-refractivity contribution in [1.29, 1.82) is 0 Å². The maximum atomic E-state index is 11.6. The summed E-state index contributed by atoms with van der Waals surface area (Å²) in [6.07, 6.45) is -0.138. The first-order valence-electron chi connectivity index (χ1n) is 6.63. The van der Waals surface area contributed by atoms with Crippen LogP contribution in [-0.4, -0.2) is 30.8 Å². The number of methoxy groups -OCH3 is 1. The highest BCUT2D eigenvalue weighted by Gasteiger charge is 2.17. The lowest BCUT2D eigenvalue weighted by Gasteiger charge is -2.19. The Bertz CT molecular complexity index is 491. The van der Waals surface area contributed by atoms with Crippen molar-refractivity contribution in [3.05, 3.63) is 29.8 Å². The van der Waals surface area contributed by atoms with E-state index in [1.54, 1.807) is 45.0 Å². The van der Waals surface area contributed by atoms with Gasteiger partial charge in [-0.2, -0.15) is 0 Å². The molecule has 6 heteroatoms. The Morgan fingerprint density at radius 1 is 1.24 bits per heavy atom. The Hall–Kier alpha value is -2.08. The Kier molecular flexibility index (Phi) is 5.72. The smallest absolute Gasteiger partial charge is 0.412 e. The summed E-state index contributed by atoms with van der Waals surface area (Å²) < 4.78 is 9.72. The molecule has 0 heterocycles. The van der Waals surface area contributed by atoms with E-state index in [1.807, 2.05) is 0 Å². The highest BCUT2D eigenvalue weighted by atomic mass is 16.6. The Morgan fingerprint density at radius 3 is 2.29 bits per heavy atom. The molecule has 1 amide bonds. The molecule has 0 bridgehead atoms. The number of hydrogen-bond acceptors (Lipinski definition) is 5. The van der Waals surface area contributed by atoms with Crippen LogP contribution in [0.15, 0.2) is 24.3 Å². The summed E-state index contributed by atoms with van der Waals surface area (Å²) in [5, 5.41) is 2.63. The summed E-state index contributed by atoms with van der Waals surface area (Å²) in [5.41, 5.74) is 6.63. The minimum atomic E-state index is -0.695. The zero-order chi connectivity index (χ0) is 16.0. The highest BCUT2D eigenvalue weighted by Crippen LogP contribution is 2.13. The second kappa shape index (κ2) is 7.08. The molecule has 0 unspecified atom stereocenters.